The van der Waals surface area contributed by atoms with Crippen LogP contribution in [0.4, 0.5) is 0 Å². The molecule has 29 heavy (non-hydrogen) atoms. The Morgan fingerprint density at radius 2 is 1.79 bits per heavy atom. The van der Waals surface area contributed by atoms with E-state index in [9.17, 15) is 14.4 Å². The van der Waals surface area contributed by atoms with Crippen LogP contribution in [0.15, 0.2) is 24.3 Å². The van der Waals surface area contributed by atoms with E-state index in [0.29, 0.717) is 32.5 Å². The molecule has 3 amide bonds. The maximum atomic E-state index is 12.8. The van der Waals surface area contributed by atoms with Gasteiger partial charge in [-0.25, -0.2) is 0 Å². The second kappa shape index (κ2) is 9.42. The van der Waals surface area contributed by atoms with Crippen LogP contribution in [0.3, 0.4) is 0 Å². The zero-order valence-corrected chi connectivity index (χ0v) is 17.8. The predicted molar refractivity (Wildman–Crippen MR) is 112 cm³/mol. The molecule has 3 rings (SSSR count). The Balaban J connectivity index is 1.40. The van der Waals surface area contributed by atoms with Crippen molar-refractivity contribution in [3.8, 4) is 0 Å². The van der Waals surface area contributed by atoms with E-state index in [4.69, 9.17) is 0 Å². The number of nitrogens with one attached hydrogen (secondary N) is 1. The second-order valence-corrected chi connectivity index (χ2v) is 8.69. The molecule has 2 saturated heterocycles. The number of hydrogen-bond acceptors (Lipinski definition) is 3. The first-order valence-corrected chi connectivity index (χ1v) is 10.8. The zero-order chi connectivity index (χ0) is 21.0. The van der Waals surface area contributed by atoms with Crippen molar-refractivity contribution in [3.05, 3.63) is 35.4 Å². The van der Waals surface area contributed by atoms with Crippen molar-refractivity contribution in [3.63, 3.8) is 0 Å². The van der Waals surface area contributed by atoms with Crippen molar-refractivity contribution in [1.29, 1.82) is 0 Å². The lowest BCUT2D eigenvalue weighted by Crippen LogP contribution is -2.48. The largest absolute Gasteiger partial charge is 0.353 e. The molecule has 0 radical (unpaired) electrons. The topological polar surface area (TPSA) is 69.7 Å². The summed E-state index contributed by atoms with van der Waals surface area (Å²) in [6.07, 6.45) is 3.10. The summed E-state index contributed by atoms with van der Waals surface area (Å²) in [6, 6.07) is 8.54. The molecule has 0 aromatic heterocycles. The summed E-state index contributed by atoms with van der Waals surface area (Å²) >= 11 is 0. The van der Waals surface area contributed by atoms with Crippen molar-refractivity contribution in [1.82, 2.24) is 15.1 Å². The molecule has 6 heteroatoms. The molecule has 6 nitrogen and oxygen atoms in total. The standard InChI is InChI=1S/C23H33N3O3/c1-16(2)26-15-19(14-22(26)28)23(29)25-12-10-20(11-13-25)24-21(27)9-8-18-6-4-17(3)5-7-18/h4-7,16,19-20H,8-15H2,1-3H3,(H,24,27). The van der Waals surface area contributed by atoms with E-state index in [1.54, 1.807) is 4.90 Å². The van der Waals surface area contributed by atoms with Gasteiger partial charge in [0.2, 0.25) is 17.7 Å². The minimum Gasteiger partial charge on any atom is -0.353 e. The third-order valence-electron chi connectivity index (χ3n) is 6.06. The predicted octanol–water partition coefficient (Wildman–Crippen LogP) is 2.29. The minimum atomic E-state index is -0.217. The molecule has 2 fully saturated rings. The van der Waals surface area contributed by atoms with Crippen LogP contribution in [0.25, 0.3) is 0 Å². The summed E-state index contributed by atoms with van der Waals surface area (Å²) in [5.41, 5.74) is 2.39. The third-order valence-corrected chi connectivity index (χ3v) is 6.06. The Morgan fingerprint density at radius 3 is 2.38 bits per heavy atom. The van der Waals surface area contributed by atoms with Crippen molar-refractivity contribution in [2.45, 2.75) is 65.0 Å². The van der Waals surface area contributed by atoms with Crippen LogP contribution in [-0.2, 0) is 20.8 Å². The van der Waals surface area contributed by atoms with Gasteiger partial charge in [-0.3, -0.25) is 14.4 Å². The summed E-state index contributed by atoms with van der Waals surface area (Å²) in [4.78, 5) is 40.8. The summed E-state index contributed by atoms with van der Waals surface area (Å²) in [7, 11) is 0. The van der Waals surface area contributed by atoms with E-state index in [-0.39, 0.29) is 35.7 Å². The molecule has 2 aliphatic rings. The molecule has 2 aliphatic heterocycles. The molecule has 0 aliphatic carbocycles. The molecule has 1 N–H and O–H groups in total. The van der Waals surface area contributed by atoms with Crippen molar-refractivity contribution >= 4 is 17.7 Å². The van der Waals surface area contributed by atoms with Crippen LogP contribution >= 0.6 is 0 Å². The number of aryl methyl sites for hydroxylation is 2. The highest BCUT2D eigenvalue weighted by Gasteiger charge is 2.38. The third kappa shape index (κ3) is 5.58. The maximum absolute atomic E-state index is 12.8. The Labute approximate surface area is 173 Å². The fourth-order valence-corrected chi connectivity index (χ4v) is 4.21. The highest BCUT2D eigenvalue weighted by molar-refractivity contribution is 5.89. The summed E-state index contributed by atoms with van der Waals surface area (Å²) in [5, 5.41) is 3.12. The van der Waals surface area contributed by atoms with Gasteiger partial charge in [0.15, 0.2) is 0 Å². The molecule has 0 bridgehead atoms. The van der Waals surface area contributed by atoms with Gasteiger partial charge in [-0.2, -0.15) is 0 Å². The quantitative estimate of drug-likeness (QED) is 0.798. The van der Waals surface area contributed by atoms with Gasteiger partial charge in [0.1, 0.15) is 0 Å². The Morgan fingerprint density at radius 1 is 1.14 bits per heavy atom. The zero-order valence-electron chi connectivity index (χ0n) is 17.8. The fourth-order valence-electron chi connectivity index (χ4n) is 4.21. The molecular formula is C23H33N3O3. The molecule has 158 valence electrons. The number of amides is 3. The number of carbonyl (C=O) groups excluding carboxylic acids is 3. The molecule has 0 spiro atoms. The van der Waals surface area contributed by atoms with Crippen molar-refractivity contribution in [2.75, 3.05) is 19.6 Å². The van der Waals surface area contributed by atoms with E-state index >= 15 is 0 Å². The van der Waals surface area contributed by atoms with Gasteiger partial charge in [-0.15, -0.1) is 0 Å². The molecule has 0 saturated carbocycles. The highest BCUT2D eigenvalue weighted by atomic mass is 16.2. The van der Waals surface area contributed by atoms with Gasteiger partial charge < -0.3 is 15.1 Å². The first kappa shape index (κ1) is 21.3. The average Bonchev–Trinajstić information content (AvgIpc) is 3.09. The summed E-state index contributed by atoms with van der Waals surface area (Å²) in [6.45, 7) is 7.85. The van der Waals surface area contributed by atoms with Gasteiger partial charge in [0.05, 0.1) is 5.92 Å². The van der Waals surface area contributed by atoms with E-state index in [2.05, 4.69) is 36.5 Å². The number of benzene rings is 1. The number of likely N-dealkylation sites (tertiary alicyclic amines) is 2. The highest BCUT2D eigenvalue weighted by Crippen LogP contribution is 2.24. The van der Waals surface area contributed by atoms with Crippen LogP contribution in [0.2, 0.25) is 0 Å². The fraction of sp³-hybridized carbons (Fsp3) is 0.609. The molecule has 2 heterocycles. The van der Waals surface area contributed by atoms with Gasteiger partial charge in [-0.05, 0) is 45.6 Å². The van der Waals surface area contributed by atoms with Gasteiger partial charge in [0.25, 0.3) is 0 Å². The number of rotatable bonds is 6. The SMILES string of the molecule is Cc1ccc(CCC(=O)NC2CCN(C(=O)C3CC(=O)N(C(C)C)C3)CC2)cc1. The minimum absolute atomic E-state index is 0.0734. The van der Waals surface area contributed by atoms with E-state index in [1.165, 1.54) is 11.1 Å². The molecule has 1 aromatic rings. The normalized spacial score (nSPS) is 20.4. The molecule has 1 atom stereocenters. The molecular weight excluding hydrogens is 366 g/mol. The van der Waals surface area contributed by atoms with Crippen LogP contribution in [0, 0.1) is 12.8 Å². The number of hydrogen-bond donors (Lipinski definition) is 1. The van der Waals surface area contributed by atoms with Crippen LogP contribution in [0.5, 0.6) is 0 Å². The van der Waals surface area contributed by atoms with Crippen LogP contribution in [-0.4, -0.2) is 59.2 Å². The lowest BCUT2D eigenvalue weighted by molar-refractivity contribution is -0.137. The van der Waals surface area contributed by atoms with Gasteiger partial charge in [-0.1, -0.05) is 29.8 Å². The van der Waals surface area contributed by atoms with E-state index in [0.717, 1.165) is 19.3 Å². The first-order chi connectivity index (χ1) is 13.8. The lowest BCUT2D eigenvalue weighted by Gasteiger charge is -2.34. The van der Waals surface area contributed by atoms with Crippen molar-refractivity contribution < 1.29 is 14.4 Å². The monoisotopic (exact) mass is 399 g/mol. The summed E-state index contributed by atoms with van der Waals surface area (Å²) in [5.74, 6) is 0.0228. The average molecular weight is 400 g/mol. The van der Waals surface area contributed by atoms with Crippen LogP contribution < -0.4 is 5.32 Å². The Bertz CT molecular complexity index is 736. The van der Waals surface area contributed by atoms with E-state index in [1.807, 2.05) is 18.7 Å². The van der Waals surface area contributed by atoms with Crippen molar-refractivity contribution in [2.24, 2.45) is 5.92 Å². The number of carbonyl (C=O) groups is 3. The number of piperidine rings is 1. The Kier molecular flexibility index (Phi) is 6.93. The van der Waals surface area contributed by atoms with E-state index < -0.39 is 0 Å². The van der Waals surface area contributed by atoms with Gasteiger partial charge in [0, 0.05) is 44.6 Å². The number of nitrogens with zero attached hydrogens (tertiary/aromatic N) is 2. The van der Waals surface area contributed by atoms with Gasteiger partial charge >= 0.3 is 0 Å². The molecule has 1 aromatic carbocycles. The maximum Gasteiger partial charge on any atom is 0.227 e. The molecule has 1 unspecified atom stereocenters. The van der Waals surface area contributed by atoms with Crippen LogP contribution in [0.1, 0.15) is 50.7 Å². The lowest BCUT2D eigenvalue weighted by atomic mass is 10.0. The second-order valence-electron chi connectivity index (χ2n) is 8.69. The first-order valence-electron chi connectivity index (χ1n) is 10.8. The smallest absolute Gasteiger partial charge is 0.227 e. The Hall–Kier alpha value is -2.37. The summed E-state index contributed by atoms with van der Waals surface area (Å²) < 4.78 is 0.